The first-order chi connectivity index (χ1) is 10.6. The Balaban J connectivity index is 1.82. The molecule has 1 nitrogen and oxygen atoms in total. The predicted octanol–water partition coefficient (Wildman–Crippen LogP) is 4.79. The van der Waals surface area contributed by atoms with Crippen molar-refractivity contribution >= 4 is 17.9 Å². The summed E-state index contributed by atoms with van der Waals surface area (Å²) in [6.07, 6.45) is 4.94. The van der Waals surface area contributed by atoms with E-state index in [2.05, 4.69) is 0 Å². The molecular weight excluding hydrogens is 282 g/mol. The van der Waals surface area contributed by atoms with Crippen molar-refractivity contribution in [2.24, 2.45) is 0 Å². The van der Waals surface area contributed by atoms with Gasteiger partial charge >= 0.3 is 0 Å². The highest BCUT2D eigenvalue weighted by atomic mass is 19.1. The van der Waals surface area contributed by atoms with Gasteiger partial charge in [-0.15, -0.1) is 0 Å². The molecule has 0 heterocycles. The van der Waals surface area contributed by atoms with Gasteiger partial charge in [0.15, 0.2) is 5.78 Å². The number of carbonyl (C=O) groups is 1. The summed E-state index contributed by atoms with van der Waals surface area (Å²) in [5, 5.41) is 0. The summed E-state index contributed by atoms with van der Waals surface area (Å²) in [5.74, 6) is -0.581. The van der Waals surface area contributed by atoms with Gasteiger partial charge in [0.05, 0.1) is 0 Å². The largest absolute Gasteiger partial charge is 0.289 e. The smallest absolute Gasteiger partial charge is 0.185 e. The van der Waals surface area contributed by atoms with Gasteiger partial charge in [0.1, 0.15) is 11.6 Å². The van der Waals surface area contributed by atoms with Crippen molar-refractivity contribution in [2.45, 2.75) is 12.8 Å². The molecule has 1 saturated carbocycles. The molecule has 0 atom stereocenters. The number of benzene rings is 2. The van der Waals surface area contributed by atoms with Crippen molar-refractivity contribution in [1.82, 2.24) is 0 Å². The lowest BCUT2D eigenvalue weighted by atomic mass is 10.1. The number of halogens is 2. The Morgan fingerprint density at radius 2 is 1.05 bits per heavy atom. The second-order valence-corrected chi connectivity index (χ2v) is 5.27. The Bertz CT molecular complexity index is 688. The summed E-state index contributed by atoms with van der Waals surface area (Å²) in [6, 6.07) is 12.1. The summed E-state index contributed by atoms with van der Waals surface area (Å²) in [5.41, 5.74) is 3.07. The van der Waals surface area contributed by atoms with Crippen LogP contribution in [0.25, 0.3) is 12.2 Å². The van der Waals surface area contributed by atoms with Crippen LogP contribution in [0.5, 0.6) is 0 Å². The van der Waals surface area contributed by atoms with Gasteiger partial charge in [-0.3, -0.25) is 4.79 Å². The van der Waals surface area contributed by atoms with Gasteiger partial charge in [-0.25, -0.2) is 8.78 Å². The zero-order valence-electron chi connectivity index (χ0n) is 11.9. The van der Waals surface area contributed by atoms with Crippen molar-refractivity contribution in [3.05, 3.63) is 82.4 Å². The predicted molar refractivity (Wildman–Crippen MR) is 83.0 cm³/mol. The van der Waals surface area contributed by atoms with Crippen LogP contribution in [0.2, 0.25) is 0 Å². The topological polar surface area (TPSA) is 17.1 Å². The lowest BCUT2D eigenvalue weighted by Crippen LogP contribution is -1.95. The van der Waals surface area contributed by atoms with Gasteiger partial charge in [-0.2, -0.15) is 0 Å². The summed E-state index contributed by atoms with van der Waals surface area (Å²) in [7, 11) is 0. The molecule has 0 spiro atoms. The fourth-order valence-corrected chi connectivity index (χ4v) is 2.50. The summed E-state index contributed by atoms with van der Waals surface area (Å²) < 4.78 is 25.8. The molecule has 1 fully saturated rings. The molecule has 0 N–H and O–H groups in total. The Hall–Kier alpha value is -2.55. The maximum atomic E-state index is 12.9. The standard InChI is InChI=1S/C19H14F2O/c20-17-7-1-13(2-8-17)11-15-5-6-16(19(15)22)12-14-3-9-18(21)10-4-14/h1-4,7-12H,5-6H2/b15-11-,16-12+. The molecule has 0 amide bonds. The monoisotopic (exact) mass is 296 g/mol. The molecule has 0 aliphatic heterocycles. The number of rotatable bonds is 2. The second-order valence-electron chi connectivity index (χ2n) is 5.27. The minimum absolute atomic E-state index is 0.00801. The van der Waals surface area contributed by atoms with Crippen LogP contribution in [0.15, 0.2) is 59.7 Å². The van der Waals surface area contributed by atoms with E-state index in [0.717, 1.165) is 22.3 Å². The van der Waals surface area contributed by atoms with Crippen LogP contribution in [0.4, 0.5) is 8.78 Å². The first kappa shape index (κ1) is 14.4. The first-order valence-electron chi connectivity index (χ1n) is 7.09. The van der Waals surface area contributed by atoms with E-state index in [0.29, 0.717) is 12.8 Å². The average Bonchev–Trinajstić information content (AvgIpc) is 2.85. The molecule has 0 aromatic heterocycles. The normalized spacial score (nSPS) is 18.4. The van der Waals surface area contributed by atoms with Gasteiger partial charge < -0.3 is 0 Å². The van der Waals surface area contributed by atoms with Crippen LogP contribution in [-0.2, 0) is 4.79 Å². The van der Waals surface area contributed by atoms with Crippen LogP contribution >= 0.6 is 0 Å². The number of hydrogen-bond acceptors (Lipinski definition) is 1. The highest BCUT2D eigenvalue weighted by Crippen LogP contribution is 2.29. The molecular formula is C19H14F2O. The van der Waals surface area contributed by atoms with E-state index in [1.54, 1.807) is 36.4 Å². The van der Waals surface area contributed by atoms with Gasteiger partial charge in [-0.1, -0.05) is 24.3 Å². The third-order valence-electron chi connectivity index (χ3n) is 3.67. The van der Waals surface area contributed by atoms with Crippen LogP contribution in [0.3, 0.4) is 0 Å². The van der Waals surface area contributed by atoms with Gasteiger partial charge in [0.2, 0.25) is 0 Å². The summed E-state index contributed by atoms with van der Waals surface area (Å²) in [4.78, 5) is 12.4. The molecule has 0 saturated heterocycles. The molecule has 1 aliphatic rings. The second kappa shape index (κ2) is 6.06. The maximum absolute atomic E-state index is 12.9. The van der Waals surface area contributed by atoms with Crippen molar-refractivity contribution < 1.29 is 13.6 Å². The molecule has 3 heteroatoms. The van der Waals surface area contributed by atoms with Crippen LogP contribution in [0.1, 0.15) is 24.0 Å². The molecule has 22 heavy (non-hydrogen) atoms. The van der Waals surface area contributed by atoms with E-state index in [1.807, 2.05) is 0 Å². The Morgan fingerprint density at radius 3 is 1.41 bits per heavy atom. The zero-order valence-corrected chi connectivity index (χ0v) is 11.9. The quantitative estimate of drug-likeness (QED) is 0.728. The lowest BCUT2D eigenvalue weighted by Gasteiger charge is -1.98. The first-order valence-corrected chi connectivity index (χ1v) is 7.09. The molecule has 3 rings (SSSR count). The van der Waals surface area contributed by atoms with E-state index in [9.17, 15) is 13.6 Å². The van der Waals surface area contributed by atoms with Crippen LogP contribution in [0, 0.1) is 11.6 Å². The Labute approximate surface area is 127 Å². The number of carbonyl (C=O) groups excluding carboxylic acids is 1. The summed E-state index contributed by atoms with van der Waals surface area (Å²) >= 11 is 0. The fraction of sp³-hybridized carbons (Fsp3) is 0.105. The molecule has 110 valence electrons. The van der Waals surface area contributed by atoms with E-state index in [1.165, 1.54) is 24.3 Å². The number of allylic oxidation sites excluding steroid dienone is 2. The van der Waals surface area contributed by atoms with E-state index < -0.39 is 0 Å². The van der Waals surface area contributed by atoms with Gasteiger partial charge in [-0.05, 0) is 60.4 Å². The van der Waals surface area contributed by atoms with Crippen molar-refractivity contribution in [3.63, 3.8) is 0 Å². The third kappa shape index (κ3) is 3.19. The van der Waals surface area contributed by atoms with Gasteiger partial charge in [0.25, 0.3) is 0 Å². The number of ketones is 1. The van der Waals surface area contributed by atoms with Crippen molar-refractivity contribution in [2.75, 3.05) is 0 Å². The third-order valence-corrected chi connectivity index (χ3v) is 3.67. The lowest BCUT2D eigenvalue weighted by molar-refractivity contribution is -0.111. The minimum atomic E-state index is -0.295. The van der Waals surface area contributed by atoms with Crippen molar-refractivity contribution in [3.8, 4) is 0 Å². The van der Waals surface area contributed by atoms with Crippen LogP contribution < -0.4 is 0 Å². The SMILES string of the molecule is O=C1/C(=C\c2ccc(F)cc2)CC/C1=C\c1ccc(F)cc1. The Kier molecular flexibility index (Phi) is 3.96. The average molecular weight is 296 g/mol. The minimum Gasteiger partial charge on any atom is -0.289 e. The van der Waals surface area contributed by atoms with Crippen LogP contribution in [-0.4, -0.2) is 5.78 Å². The maximum Gasteiger partial charge on any atom is 0.185 e. The molecule has 0 radical (unpaired) electrons. The van der Waals surface area contributed by atoms with E-state index in [-0.39, 0.29) is 17.4 Å². The molecule has 0 unspecified atom stereocenters. The molecule has 0 bridgehead atoms. The zero-order chi connectivity index (χ0) is 15.5. The molecule has 2 aromatic carbocycles. The highest BCUT2D eigenvalue weighted by molar-refractivity contribution is 6.15. The molecule has 2 aromatic rings. The van der Waals surface area contributed by atoms with Gasteiger partial charge in [0, 0.05) is 11.1 Å². The molecule has 1 aliphatic carbocycles. The van der Waals surface area contributed by atoms with E-state index in [4.69, 9.17) is 0 Å². The highest BCUT2D eigenvalue weighted by Gasteiger charge is 2.22. The summed E-state index contributed by atoms with van der Waals surface area (Å²) in [6.45, 7) is 0. The Morgan fingerprint density at radius 1 is 0.682 bits per heavy atom. The number of hydrogen-bond donors (Lipinski definition) is 0. The fourth-order valence-electron chi connectivity index (χ4n) is 2.50. The van der Waals surface area contributed by atoms with Crippen molar-refractivity contribution in [1.29, 1.82) is 0 Å². The number of Topliss-reactive ketones (excluding diaryl/α,β-unsaturated/α-hetero) is 1. The van der Waals surface area contributed by atoms with E-state index >= 15 is 0 Å².